The van der Waals surface area contributed by atoms with E-state index in [0.29, 0.717) is 5.92 Å². The third-order valence-electron chi connectivity index (χ3n) is 2.34. The van der Waals surface area contributed by atoms with E-state index in [9.17, 15) is 0 Å². The molecule has 1 aromatic carbocycles. The van der Waals surface area contributed by atoms with Crippen molar-refractivity contribution in [2.75, 3.05) is 0 Å². The van der Waals surface area contributed by atoms with Crippen LogP contribution in [0.3, 0.4) is 0 Å². The first-order valence-corrected chi connectivity index (χ1v) is 6.85. The Kier molecular flexibility index (Phi) is 4.20. The third-order valence-corrected chi connectivity index (χ3v) is 3.33. The van der Waals surface area contributed by atoms with Gasteiger partial charge in [0.25, 0.3) is 0 Å². The molecule has 0 fully saturated rings. The fourth-order valence-corrected chi connectivity index (χ4v) is 2.21. The van der Waals surface area contributed by atoms with Crippen LogP contribution >= 0.6 is 11.8 Å². The second kappa shape index (κ2) is 5.87. The maximum absolute atomic E-state index is 5.18. The van der Waals surface area contributed by atoms with E-state index in [4.69, 9.17) is 4.52 Å². The lowest BCUT2D eigenvalue weighted by Gasteiger charge is -1.98. The number of hydrogen-bond acceptors (Lipinski definition) is 4. The van der Waals surface area contributed by atoms with Crippen LogP contribution in [0.4, 0.5) is 0 Å². The minimum absolute atomic E-state index is 0.326. The van der Waals surface area contributed by atoms with Crippen molar-refractivity contribution >= 4 is 11.8 Å². The van der Waals surface area contributed by atoms with E-state index >= 15 is 0 Å². The highest BCUT2D eigenvalue weighted by Gasteiger charge is 2.09. The van der Waals surface area contributed by atoms with Gasteiger partial charge in [0.2, 0.25) is 5.89 Å². The van der Waals surface area contributed by atoms with E-state index in [0.717, 1.165) is 23.2 Å². The van der Waals surface area contributed by atoms with Gasteiger partial charge in [-0.05, 0) is 5.56 Å². The molecular formula is C13H16N2OS. The van der Waals surface area contributed by atoms with Crippen LogP contribution < -0.4 is 0 Å². The van der Waals surface area contributed by atoms with E-state index in [1.165, 1.54) is 5.56 Å². The van der Waals surface area contributed by atoms with Crippen molar-refractivity contribution in [3.8, 4) is 0 Å². The summed E-state index contributed by atoms with van der Waals surface area (Å²) in [5.74, 6) is 3.58. The van der Waals surface area contributed by atoms with E-state index in [1.54, 1.807) is 11.8 Å². The van der Waals surface area contributed by atoms with Gasteiger partial charge in [0.05, 0.1) is 5.75 Å². The van der Waals surface area contributed by atoms with Gasteiger partial charge in [0, 0.05) is 11.7 Å². The highest BCUT2D eigenvalue weighted by Crippen LogP contribution is 2.18. The molecule has 2 rings (SSSR count). The van der Waals surface area contributed by atoms with Gasteiger partial charge < -0.3 is 4.52 Å². The minimum atomic E-state index is 0.326. The van der Waals surface area contributed by atoms with Crippen LogP contribution in [-0.2, 0) is 11.5 Å². The predicted octanol–water partition coefficient (Wildman–Crippen LogP) is 3.63. The van der Waals surface area contributed by atoms with Gasteiger partial charge >= 0.3 is 0 Å². The second-order valence-electron chi connectivity index (χ2n) is 4.18. The van der Waals surface area contributed by atoms with Crippen molar-refractivity contribution in [3.63, 3.8) is 0 Å². The van der Waals surface area contributed by atoms with Crippen LogP contribution in [0, 0.1) is 0 Å². The molecule has 4 heteroatoms. The lowest BCUT2D eigenvalue weighted by molar-refractivity contribution is 0.383. The predicted molar refractivity (Wildman–Crippen MR) is 69.8 cm³/mol. The number of rotatable bonds is 5. The smallest absolute Gasteiger partial charge is 0.236 e. The van der Waals surface area contributed by atoms with Crippen LogP contribution in [-0.4, -0.2) is 10.1 Å². The zero-order valence-corrected chi connectivity index (χ0v) is 10.9. The first kappa shape index (κ1) is 12.2. The highest BCUT2D eigenvalue weighted by atomic mass is 32.2. The number of benzene rings is 1. The summed E-state index contributed by atoms with van der Waals surface area (Å²) in [4.78, 5) is 4.34. The maximum atomic E-state index is 5.18. The largest absolute Gasteiger partial charge is 0.338 e. The van der Waals surface area contributed by atoms with Gasteiger partial charge in [-0.15, -0.1) is 11.8 Å². The molecule has 0 bridgehead atoms. The summed E-state index contributed by atoms with van der Waals surface area (Å²) in [7, 11) is 0. The third kappa shape index (κ3) is 3.60. The van der Waals surface area contributed by atoms with Gasteiger partial charge in [-0.3, -0.25) is 0 Å². The molecule has 0 atom stereocenters. The molecule has 17 heavy (non-hydrogen) atoms. The fraction of sp³-hybridized carbons (Fsp3) is 0.385. The lowest BCUT2D eigenvalue weighted by atomic mass is 10.2. The molecule has 2 aromatic rings. The van der Waals surface area contributed by atoms with Gasteiger partial charge in [0.15, 0.2) is 5.82 Å². The van der Waals surface area contributed by atoms with E-state index in [-0.39, 0.29) is 0 Å². The lowest BCUT2D eigenvalue weighted by Crippen LogP contribution is -1.90. The standard InChI is InChI=1S/C13H16N2OS/c1-10(2)13-14-12(16-15-13)9-17-8-11-6-4-3-5-7-11/h3-7,10H,8-9H2,1-2H3. The Morgan fingerprint density at radius 3 is 2.59 bits per heavy atom. The first-order valence-electron chi connectivity index (χ1n) is 5.70. The van der Waals surface area contributed by atoms with Gasteiger partial charge in [-0.25, -0.2) is 0 Å². The Hall–Kier alpha value is -1.29. The van der Waals surface area contributed by atoms with Crippen molar-refractivity contribution in [2.45, 2.75) is 31.3 Å². The van der Waals surface area contributed by atoms with Crippen LogP contribution in [0.15, 0.2) is 34.9 Å². The Morgan fingerprint density at radius 1 is 1.18 bits per heavy atom. The average molecular weight is 248 g/mol. The summed E-state index contributed by atoms with van der Waals surface area (Å²) >= 11 is 1.79. The van der Waals surface area contributed by atoms with Crippen molar-refractivity contribution in [3.05, 3.63) is 47.6 Å². The molecule has 0 aliphatic rings. The number of aromatic nitrogens is 2. The van der Waals surface area contributed by atoms with Crippen molar-refractivity contribution in [2.24, 2.45) is 0 Å². The molecular weight excluding hydrogens is 232 g/mol. The molecule has 0 saturated carbocycles. The summed E-state index contributed by atoms with van der Waals surface area (Å²) in [6, 6.07) is 10.4. The number of nitrogens with zero attached hydrogens (tertiary/aromatic N) is 2. The monoisotopic (exact) mass is 248 g/mol. The molecule has 0 unspecified atom stereocenters. The van der Waals surface area contributed by atoms with E-state index < -0.39 is 0 Å². The summed E-state index contributed by atoms with van der Waals surface area (Å²) in [6.45, 7) is 4.12. The van der Waals surface area contributed by atoms with Crippen LogP contribution in [0.1, 0.15) is 37.0 Å². The molecule has 0 radical (unpaired) electrons. The summed E-state index contributed by atoms with van der Waals surface area (Å²) < 4.78 is 5.18. The molecule has 1 aromatic heterocycles. The average Bonchev–Trinajstić information content (AvgIpc) is 2.79. The van der Waals surface area contributed by atoms with Gasteiger partial charge in [-0.1, -0.05) is 49.3 Å². The molecule has 0 aliphatic carbocycles. The van der Waals surface area contributed by atoms with Crippen LogP contribution in [0.25, 0.3) is 0 Å². The number of thioether (sulfide) groups is 1. The van der Waals surface area contributed by atoms with Crippen molar-refractivity contribution < 1.29 is 4.52 Å². The molecule has 1 heterocycles. The Morgan fingerprint density at radius 2 is 1.94 bits per heavy atom. The normalized spacial score (nSPS) is 11.0. The van der Waals surface area contributed by atoms with Crippen LogP contribution in [0.5, 0.6) is 0 Å². The molecule has 0 saturated heterocycles. The van der Waals surface area contributed by atoms with Crippen molar-refractivity contribution in [1.29, 1.82) is 0 Å². The highest BCUT2D eigenvalue weighted by molar-refractivity contribution is 7.97. The SMILES string of the molecule is CC(C)c1noc(CSCc2ccccc2)n1. The fourth-order valence-electron chi connectivity index (χ4n) is 1.39. The molecule has 0 amide bonds. The summed E-state index contributed by atoms with van der Waals surface area (Å²) in [6.07, 6.45) is 0. The molecule has 0 aliphatic heterocycles. The Balaban J connectivity index is 1.82. The van der Waals surface area contributed by atoms with Gasteiger partial charge in [0.1, 0.15) is 0 Å². The molecule has 0 N–H and O–H groups in total. The first-order chi connectivity index (χ1) is 8.25. The zero-order chi connectivity index (χ0) is 12.1. The molecule has 3 nitrogen and oxygen atoms in total. The minimum Gasteiger partial charge on any atom is -0.338 e. The Labute approximate surface area is 106 Å². The summed E-state index contributed by atoms with van der Waals surface area (Å²) in [5, 5.41) is 3.94. The number of hydrogen-bond donors (Lipinski definition) is 0. The second-order valence-corrected chi connectivity index (χ2v) is 5.17. The van der Waals surface area contributed by atoms with Crippen molar-refractivity contribution in [1.82, 2.24) is 10.1 Å². The zero-order valence-electron chi connectivity index (χ0n) is 10.1. The maximum Gasteiger partial charge on any atom is 0.236 e. The molecule has 0 spiro atoms. The van der Waals surface area contributed by atoms with E-state index in [1.807, 2.05) is 6.07 Å². The topological polar surface area (TPSA) is 38.9 Å². The van der Waals surface area contributed by atoms with Crippen LogP contribution in [0.2, 0.25) is 0 Å². The molecule has 90 valence electrons. The summed E-state index contributed by atoms with van der Waals surface area (Å²) in [5.41, 5.74) is 1.32. The van der Waals surface area contributed by atoms with Gasteiger partial charge in [-0.2, -0.15) is 4.98 Å². The Bertz CT molecular complexity index is 453. The quantitative estimate of drug-likeness (QED) is 0.810. The van der Waals surface area contributed by atoms with E-state index in [2.05, 4.69) is 48.3 Å².